The second kappa shape index (κ2) is 12.4. The molecule has 0 saturated heterocycles. The summed E-state index contributed by atoms with van der Waals surface area (Å²) in [4.78, 5) is 0. The Morgan fingerprint density at radius 2 is 1.54 bits per heavy atom. The molecule has 0 N–H and O–H groups in total. The summed E-state index contributed by atoms with van der Waals surface area (Å²) < 4.78 is 10.7. The summed E-state index contributed by atoms with van der Waals surface area (Å²) in [5.41, 5.74) is 0. The molecule has 0 aromatic carbocycles. The Labute approximate surface area is 90.1 Å². The molecule has 0 unspecified atom stereocenters. The average Bonchev–Trinajstić information content (AvgIpc) is 2.16. The molecular weight excluding hydrogens is 232 g/mol. The molecule has 0 rings (SSSR count). The highest BCUT2D eigenvalue weighted by molar-refractivity contribution is 9.09. The molecule has 0 aliphatic carbocycles. The van der Waals surface area contributed by atoms with Crippen molar-refractivity contribution in [2.24, 2.45) is 0 Å². The fourth-order valence-corrected chi connectivity index (χ4v) is 1.34. The third-order valence-electron chi connectivity index (χ3n) is 1.64. The van der Waals surface area contributed by atoms with Gasteiger partial charge in [-0.15, -0.1) is 0 Å². The van der Waals surface area contributed by atoms with Crippen LogP contribution in [0.3, 0.4) is 0 Å². The number of halogens is 1. The van der Waals surface area contributed by atoms with Crippen molar-refractivity contribution in [3.8, 4) is 0 Å². The van der Waals surface area contributed by atoms with Crippen LogP contribution in [0.1, 0.15) is 32.6 Å². The van der Waals surface area contributed by atoms with E-state index >= 15 is 0 Å². The van der Waals surface area contributed by atoms with Crippen LogP contribution in [-0.4, -0.2) is 31.8 Å². The number of unbranched alkanes of at least 4 members (excludes halogenated alkanes) is 2. The maximum absolute atomic E-state index is 5.39. The van der Waals surface area contributed by atoms with Crippen LogP contribution in [0.5, 0.6) is 0 Å². The summed E-state index contributed by atoms with van der Waals surface area (Å²) in [5.74, 6) is 0. The Balaban J connectivity index is 2.76. The molecule has 0 aromatic rings. The number of hydrogen-bond donors (Lipinski definition) is 0. The molecule has 0 aromatic heterocycles. The number of alkyl halides is 1. The summed E-state index contributed by atoms with van der Waals surface area (Å²) in [6.45, 7) is 5.33. The molecule has 0 aliphatic rings. The number of hydrogen-bond acceptors (Lipinski definition) is 2. The van der Waals surface area contributed by atoms with Gasteiger partial charge in [-0.2, -0.15) is 0 Å². The lowest BCUT2D eigenvalue weighted by Crippen LogP contribution is -2.05. The normalized spacial score (nSPS) is 10.6. The van der Waals surface area contributed by atoms with Crippen LogP contribution in [0.4, 0.5) is 0 Å². The van der Waals surface area contributed by atoms with E-state index in [1.54, 1.807) is 0 Å². The summed E-state index contributed by atoms with van der Waals surface area (Å²) in [5, 5.41) is 1.10. The van der Waals surface area contributed by atoms with Gasteiger partial charge < -0.3 is 9.47 Å². The van der Waals surface area contributed by atoms with Gasteiger partial charge in [-0.25, -0.2) is 0 Å². The monoisotopic (exact) mass is 252 g/mol. The van der Waals surface area contributed by atoms with Crippen molar-refractivity contribution in [2.75, 3.05) is 31.8 Å². The van der Waals surface area contributed by atoms with Gasteiger partial charge in [0.1, 0.15) is 0 Å². The maximum Gasteiger partial charge on any atom is 0.0700 e. The van der Waals surface area contributed by atoms with Crippen LogP contribution in [0.25, 0.3) is 0 Å². The van der Waals surface area contributed by atoms with E-state index in [1.807, 2.05) is 0 Å². The van der Waals surface area contributed by atoms with E-state index in [9.17, 15) is 0 Å². The Hall–Kier alpha value is 0.400. The van der Waals surface area contributed by atoms with E-state index in [-0.39, 0.29) is 0 Å². The van der Waals surface area contributed by atoms with Gasteiger partial charge in [0.05, 0.1) is 13.2 Å². The largest absolute Gasteiger partial charge is 0.379 e. The van der Waals surface area contributed by atoms with Crippen LogP contribution < -0.4 is 0 Å². The van der Waals surface area contributed by atoms with Crippen LogP contribution in [-0.2, 0) is 9.47 Å². The second-order valence-corrected chi connectivity index (χ2v) is 3.77. The lowest BCUT2D eigenvalue weighted by atomic mass is 10.3. The molecule has 2 nitrogen and oxygen atoms in total. The van der Waals surface area contributed by atoms with Crippen molar-refractivity contribution in [3.63, 3.8) is 0 Å². The van der Waals surface area contributed by atoms with E-state index in [4.69, 9.17) is 9.47 Å². The minimum atomic E-state index is 0.742. The van der Waals surface area contributed by atoms with Crippen molar-refractivity contribution < 1.29 is 9.47 Å². The van der Waals surface area contributed by atoms with Crippen molar-refractivity contribution >= 4 is 15.9 Å². The first-order valence-electron chi connectivity index (χ1n) is 5.13. The lowest BCUT2D eigenvalue weighted by molar-refractivity contribution is 0.0467. The standard InChI is InChI=1S/C10H21BrO2/c1-2-7-12-9-10-13-8-5-3-4-6-11/h2-10H2,1H3. The molecule has 0 radical (unpaired) electrons. The summed E-state index contributed by atoms with van der Waals surface area (Å²) >= 11 is 3.40. The third kappa shape index (κ3) is 12.4. The molecule has 0 spiro atoms. The number of rotatable bonds is 10. The Kier molecular flexibility index (Phi) is 12.8. The summed E-state index contributed by atoms with van der Waals surface area (Å²) in [6, 6.07) is 0. The van der Waals surface area contributed by atoms with Gasteiger partial charge in [0, 0.05) is 18.5 Å². The molecule has 0 bridgehead atoms. The highest BCUT2D eigenvalue weighted by atomic mass is 79.9. The van der Waals surface area contributed by atoms with E-state index in [2.05, 4.69) is 22.9 Å². The number of ether oxygens (including phenoxy) is 2. The van der Waals surface area contributed by atoms with E-state index < -0.39 is 0 Å². The van der Waals surface area contributed by atoms with Crippen molar-refractivity contribution in [1.29, 1.82) is 0 Å². The van der Waals surface area contributed by atoms with Crippen LogP contribution in [0, 0.1) is 0 Å². The highest BCUT2D eigenvalue weighted by Gasteiger charge is 1.90. The van der Waals surface area contributed by atoms with E-state index in [0.29, 0.717) is 0 Å². The Morgan fingerprint density at radius 1 is 0.846 bits per heavy atom. The molecule has 80 valence electrons. The van der Waals surface area contributed by atoms with Gasteiger partial charge in [0.25, 0.3) is 0 Å². The van der Waals surface area contributed by atoms with E-state index in [1.165, 1.54) is 19.3 Å². The summed E-state index contributed by atoms with van der Waals surface area (Å²) in [6.07, 6.45) is 4.75. The van der Waals surface area contributed by atoms with Crippen LogP contribution >= 0.6 is 15.9 Å². The first kappa shape index (κ1) is 13.4. The molecule has 0 heterocycles. The van der Waals surface area contributed by atoms with Gasteiger partial charge in [-0.1, -0.05) is 29.3 Å². The lowest BCUT2D eigenvalue weighted by Gasteiger charge is -2.04. The van der Waals surface area contributed by atoms with Crippen molar-refractivity contribution in [1.82, 2.24) is 0 Å². The zero-order chi connectivity index (χ0) is 9.78. The van der Waals surface area contributed by atoms with Gasteiger partial charge in [0.2, 0.25) is 0 Å². The predicted octanol–water partition coefficient (Wildman–Crippen LogP) is 2.99. The first-order chi connectivity index (χ1) is 6.41. The molecule has 0 amide bonds. The van der Waals surface area contributed by atoms with Gasteiger partial charge in [-0.05, 0) is 19.3 Å². The predicted molar refractivity (Wildman–Crippen MR) is 59.6 cm³/mol. The minimum absolute atomic E-state index is 0.742. The maximum atomic E-state index is 5.39. The average molecular weight is 253 g/mol. The molecule has 13 heavy (non-hydrogen) atoms. The molecule has 0 atom stereocenters. The van der Waals surface area contributed by atoms with Crippen LogP contribution in [0.2, 0.25) is 0 Å². The smallest absolute Gasteiger partial charge is 0.0700 e. The Bertz CT molecular complexity index is 79.0. The molecule has 0 saturated carbocycles. The van der Waals surface area contributed by atoms with Gasteiger partial charge in [0.15, 0.2) is 0 Å². The zero-order valence-corrected chi connectivity index (χ0v) is 10.1. The molecule has 3 heteroatoms. The minimum Gasteiger partial charge on any atom is -0.379 e. The molecular formula is C10H21BrO2. The molecule has 0 aliphatic heterocycles. The van der Waals surface area contributed by atoms with Gasteiger partial charge >= 0.3 is 0 Å². The van der Waals surface area contributed by atoms with Crippen LogP contribution in [0.15, 0.2) is 0 Å². The quantitative estimate of drug-likeness (QED) is 0.440. The molecule has 0 fully saturated rings. The summed E-state index contributed by atoms with van der Waals surface area (Å²) in [7, 11) is 0. The van der Waals surface area contributed by atoms with E-state index in [0.717, 1.165) is 38.2 Å². The second-order valence-electron chi connectivity index (χ2n) is 2.97. The first-order valence-corrected chi connectivity index (χ1v) is 6.25. The van der Waals surface area contributed by atoms with Crippen molar-refractivity contribution in [3.05, 3.63) is 0 Å². The third-order valence-corrected chi connectivity index (χ3v) is 2.20. The highest BCUT2D eigenvalue weighted by Crippen LogP contribution is 1.98. The topological polar surface area (TPSA) is 18.5 Å². The van der Waals surface area contributed by atoms with Gasteiger partial charge in [-0.3, -0.25) is 0 Å². The Morgan fingerprint density at radius 3 is 2.15 bits per heavy atom. The fourth-order valence-electron chi connectivity index (χ4n) is 0.942. The van der Waals surface area contributed by atoms with Crippen molar-refractivity contribution in [2.45, 2.75) is 32.6 Å². The zero-order valence-electron chi connectivity index (χ0n) is 8.56. The fraction of sp³-hybridized carbons (Fsp3) is 1.00. The SMILES string of the molecule is CCCOCCOCCCCCBr.